The van der Waals surface area contributed by atoms with Crippen LogP contribution in [-0.4, -0.2) is 17.8 Å². The highest BCUT2D eigenvalue weighted by Crippen LogP contribution is 2.31. The molecule has 1 N–H and O–H groups in total. The first kappa shape index (κ1) is 14.9. The summed E-state index contributed by atoms with van der Waals surface area (Å²) in [4.78, 5) is 0. The number of benzene rings is 1. The largest absolute Gasteiger partial charge is 0.416 e. The average Bonchev–Trinajstić information content (AvgIpc) is 2.24. The first-order valence-corrected chi connectivity index (χ1v) is 5.38. The average molecular weight is 266 g/mol. The number of hydrogen-bond donors (Lipinski definition) is 1. The van der Waals surface area contributed by atoms with Crippen LogP contribution >= 0.6 is 0 Å². The van der Waals surface area contributed by atoms with E-state index in [2.05, 4.69) is 0 Å². The summed E-state index contributed by atoms with van der Waals surface area (Å²) in [6, 6.07) is 1.93. The van der Waals surface area contributed by atoms with Crippen LogP contribution in [0, 0.1) is 5.82 Å². The van der Waals surface area contributed by atoms with Crippen molar-refractivity contribution in [2.24, 2.45) is 0 Å². The van der Waals surface area contributed by atoms with Crippen molar-refractivity contribution in [3.63, 3.8) is 0 Å². The highest BCUT2D eigenvalue weighted by Gasteiger charge is 2.31. The molecule has 0 amide bonds. The monoisotopic (exact) mass is 266 g/mol. The van der Waals surface area contributed by atoms with Crippen molar-refractivity contribution in [3.05, 3.63) is 35.1 Å². The summed E-state index contributed by atoms with van der Waals surface area (Å²) in [6.07, 6.45) is -6.19. The Balaban J connectivity index is 2.93. The zero-order valence-corrected chi connectivity index (χ0v) is 9.96. The van der Waals surface area contributed by atoms with Crippen LogP contribution in [0.3, 0.4) is 0 Å². The van der Waals surface area contributed by atoms with Gasteiger partial charge >= 0.3 is 6.18 Å². The van der Waals surface area contributed by atoms with E-state index in [1.165, 1.54) is 0 Å². The second kappa shape index (κ2) is 5.67. The highest BCUT2D eigenvalue weighted by atomic mass is 19.4. The molecule has 0 radical (unpaired) electrons. The third kappa shape index (κ3) is 3.96. The molecule has 0 saturated carbocycles. The molecule has 6 heteroatoms. The number of hydrogen-bond acceptors (Lipinski definition) is 2. The van der Waals surface area contributed by atoms with Gasteiger partial charge in [-0.1, -0.05) is 0 Å². The van der Waals surface area contributed by atoms with Crippen molar-refractivity contribution in [1.82, 2.24) is 0 Å². The van der Waals surface area contributed by atoms with Gasteiger partial charge in [0, 0.05) is 5.56 Å². The molecule has 1 aromatic carbocycles. The van der Waals surface area contributed by atoms with E-state index in [-0.39, 0.29) is 12.7 Å². The van der Waals surface area contributed by atoms with Gasteiger partial charge in [-0.2, -0.15) is 13.2 Å². The van der Waals surface area contributed by atoms with Crippen LogP contribution in [0.4, 0.5) is 17.6 Å². The number of ether oxygens (including phenoxy) is 1. The topological polar surface area (TPSA) is 29.5 Å². The van der Waals surface area contributed by atoms with Crippen molar-refractivity contribution >= 4 is 0 Å². The van der Waals surface area contributed by atoms with Gasteiger partial charge in [-0.15, -0.1) is 0 Å². The quantitative estimate of drug-likeness (QED) is 0.847. The summed E-state index contributed by atoms with van der Waals surface area (Å²) in [6.45, 7) is 3.15. The normalized spacial score (nSPS) is 14.0. The lowest BCUT2D eigenvalue weighted by atomic mass is 10.1. The maximum Gasteiger partial charge on any atom is 0.416 e. The first-order valence-electron chi connectivity index (χ1n) is 5.38. The molecule has 102 valence electrons. The number of rotatable bonds is 4. The van der Waals surface area contributed by atoms with Crippen molar-refractivity contribution in [2.45, 2.75) is 32.2 Å². The van der Waals surface area contributed by atoms with Gasteiger partial charge in [0.15, 0.2) is 0 Å². The summed E-state index contributed by atoms with van der Waals surface area (Å²) in [7, 11) is 0. The fourth-order valence-corrected chi connectivity index (χ4v) is 1.35. The number of aliphatic hydroxyl groups is 1. The van der Waals surface area contributed by atoms with Crippen LogP contribution in [0.25, 0.3) is 0 Å². The van der Waals surface area contributed by atoms with Gasteiger partial charge in [-0.05, 0) is 32.0 Å². The molecule has 18 heavy (non-hydrogen) atoms. The van der Waals surface area contributed by atoms with Gasteiger partial charge in [0.25, 0.3) is 0 Å². The lowest BCUT2D eigenvalue weighted by Gasteiger charge is -2.16. The molecule has 0 aromatic heterocycles. The van der Waals surface area contributed by atoms with Gasteiger partial charge in [0.05, 0.1) is 18.3 Å². The molecular weight excluding hydrogens is 252 g/mol. The molecule has 0 aliphatic rings. The standard InChI is InChI=1S/C12H14F4O2/c1-7(2)18-6-11(17)9-5-8(12(14,15)16)3-4-10(9)13/h3-5,7,11,17H,6H2,1-2H3. The van der Waals surface area contributed by atoms with Crippen LogP contribution in [0.2, 0.25) is 0 Å². The summed E-state index contributed by atoms with van der Waals surface area (Å²) >= 11 is 0. The van der Waals surface area contributed by atoms with Crippen molar-refractivity contribution in [2.75, 3.05) is 6.61 Å². The van der Waals surface area contributed by atoms with E-state index in [0.717, 1.165) is 0 Å². The van der Waals surface area contributed by atoms with Crippen molar-refractivity contribution < 1.29 is 27.4 Å². The minimum atomic E-state index is -4.57. The Hall–Kier alpha value is -1.14. The summed E-state index contributed by atoms with van der Waals surface area (Å²) in [5.41, 5.74) is -1.41. The smallest absolute Gasteiger partial charge is 0.386 e. The maximum atomic E-state index is 13.3. The van der Waals surface area contributed by atoms with Crippen LogP contribution in [0.5, 0.6) is 0 Å². The Morgan fingerprint density at radius 1 is 1.28 bits per heavy atom. The second-order valence-corrected chi connectivity index (χ2v) is 4.13. The Morgan fingerprint density at radius 2 is 1.89 bits per heavy atom. The number of halogens is 4. The van der Waals surface area contributed by atoms with Crippen LogP contribution in [-0.2, 0) is 10.9 Å². The minimum absolute atomic E-state index is 0.200. The van der Waals surface area contributed by atoms with Crippen molar-refractivity contribution in [1.29, 1.82) is 0 Å². The molecule has 0 aliphatic heterocycles. The third-order valence-corrected chi connectivity index (χ3v) is 2.27. The van der Waals surface area contributed by atoms with Crippen LogP contribution in [0.15, 0.2) is 18.2 Å². The van der Waals surface area contributed by atoms with Gasteiger partial charge in [0.1, 0.15) is 11.9 Å². The van der Waals surface area contributed by atoms with E-state index in [1.807, 2.05) is 0 Å². The third-order valence-electron chi connectivity index (χ3n) is 2.27. The van der Waals surface area contributed by atoms with E-state index in [4.69, 9.17) is 4.74 Å². The van der Waals surface area contributed by atoms with Gasteiger partial charge in [-0.3, -0.25) is 0 Å². The zero-order chi connectivity index (χ0) is 13.9. The van der Waals surface area contributed by atoms with Crippen LogP contribution < -0.4 is 0 Å². The predicted octanol–water partition coefficient (Wildman–Crippen LogP) is 3.30. The molecule has 0 bridgehead atoms. The lowest BCUT2D eigenvalue weighted by molar-refractivity contribution is -0.137. The fourth-order valence-electron chi connectivity index (χ4n) is 1.35. The summed E-state index contributed by atoms with van der Waals surface area (Å²) in [5.74, 6) is -0.886. The molecule has 0 spiro atoms. The van der Waals surface area contributed by atoms with Gasteiger partial charge in [0.2, 0.25) is 0 Å². The van der Waals surface area contributed by atoms with E-state index < -0.39 is 29.2 Å². The number of aliphatic hydroxyl groups excluding tert-OH is 1. The molecule has 2 nitrogen and oxygen atoms in total. The molecule has 1 aromatic rings. The molecule has 1 rings (SSSR count). The predicted molar refractivity (Wildman–Crippen MR) is 57.4 cm³/mol. The van der Waals surface area contributed by atoms with E-state index in [0.29, 0.717) is 18.2 Å². The van der Waals surface area contributed by atoms with E-state index in [9.17, 15) is 22.7 Å². The molecule has 1 atom stereocenters. The Bertz CT molecular complexity index is 402. The molecule has 0 fully saturated rings. The SMILES string of the molecule is CC(C)OCC(O)c1cc(C(F)(F)F)ccc1F. The first-order chi connectivity index (χ1) is 8.21. The summed E-state index contributed by atoms with van der Waals surface area (Å²) in [5, 5.41) is 9.61. The second-order valence-electron chi connectivity index (χ2n) is 4.13. The molecule has 1 unspecified atom stereocenters. The lowest BCUT2D eigenvalue weighted by Crippen LogP contribution is -2.14. The molecule has 0 saturated heterocycles. The van der Waals surface area contributed by atoms with Gasteiger partial charge in [-0.25, -0.2) is 4.39 Å². The van der Waals surface area contributed by atoms with Gasteiger partial charge < -0.3 is 9.84 Å². The van der Waals surface area contributed by atoms with E-state index >= 15 is 0 Å². The molecule has 0 aliphatic carbocycles. The number of alkyl halides is 3. The molecule has 0 heterocycles. The maximum absolute atomic E-state index is 13.3. The molecular formula is C12H14F4O2. The van der Waals surface area contributed by atoms with E-state index in [1.54, 1.807) is 13.8 Å². The zero-order valence-electron chi connectivity index (χ0n) is 9.96. The Labute approximate surface area is 102 Å². The van der Waals surface area contributed by atoms with Crippen LogP contribution in [0.1, 0.15) is 31.1 Å². The van der Waals surface area contributed by atoms with Crippen molar-refractivity contribution in [3.8, 4) is 0 Å². The highest BCUT2D eigenvalue weighted by molar-refractivity contribution is 5.28. The Kier molecular flexibility index (Phi) is 4.70. The Morgan fingerprint density at radius 3 is 2.39 bits per heavy atom. The fraction of sp³-hybridized carbons (Fsp3) is 0.500. The summed E-state index contributed by atoms with van der Waals surface area (Å²) < 4.78 is 55.7. The minimum Gasteiger partial charge on any atom is -0.386 e.